The molecular weight excluding hydrogens is 356 g/mol. The average molecular weight is 378 g/mol. The number of carbonyl (C=O) groups excluding carboxylic acids is 2. The van der Waals surface area contributed by atoms with E-state index in [1.807, 2.05) is 18.2 Å². The lowest BCUT2D eigenvalue weighted by Crippen LogP contribution is -2.44. The van der Waals surface area contributed by atoms with Crippen molar-refractivity contribution in [2.75, 3.05) is 50.6 Å². The van der Waals surface area contributed by atoms with Crippen molar-refractivity contribution in [1.82, 2.24) is 9.88 Å². The van der Waals surface area contributed by atoms with Gasteiger partial charge in [0.1, 0.15) is 11.4 Å². The Morgan fingerprint density at radius 3 is 2.64 bits per heavy atom. The van der Waals surface area contributed by atoms with Gasteiger partial charge < -0.3 is 19.9 Å². The number of likely N-dealkylation sites (N-methyl/N-ethyl adjacent to an activating group) is 1. The minimum absolute atomic E-state index is 0.190. The number of pyridine rings is 1. The lowest BCUT2D eigenvalue weighted by molar-refractivity contribution is 0.0982. The van der Waals surface area contributed by atoms with Gasteiger partial charge in [-0.1, -0.05) is 0 Å². The van der Waals surface area contributed by atoms with E-state index in [1.165, 1.54) is 12.3 Å². The second-order valence-corrected chi connectivity index (χ2v) is 6.95. The van der Waals surface area contributed by atoms with Crippen LogP contribution in [0, 0.1) is 0 Å². The number of anilines is 2. The second kappa shape index (κ2) is 7.44. The van der Waals surface area contributed by atoms with E-state index >= 15 is 0 Å². The molecule has 7 heteroatoms. The van der Waals surface area contributed by atoms with Crippen LogP contribution in [0.25, 0.3) is 0 Å². The number of hydrogen-bond donors (Lipinski definition) is 1. The third kappa shape index (κ3) is 3.36. The van der Waals surface area contributed by atoms with E-state index in [0.29, 0.717) is 17.0 Å². The minimum Gasteiger partial charge on any atom is -0.494 e. The van der Waals surface area contributed by atoms with Gasteiger partial charge in [-0.3, -0.25) is 14.6 Å². The molecule has 0 spiro atoms. The molecular formula is C21H22N4O3. The molecule has 1 saturated heterocycles. The van der Waals surface area contributed by atoms with E-state index < -0.39 is 0 Å². The van der Waals surface area contributed by atoms with Crippen molar-refractivity contribution in [3.05, 3.63) is 59.6 Å². The van der Waals surface area contributed by atoms with Gasteiger partial charge in [-0.2, -0.15) is 0 Å². The van der Waals surface area contributed by atoms with Crippen molar-refractivity contribution in [2.24, 2.45) is 0 Å². The van der Waals surface area contributed by atoms with Crippen molar-refractivity contribution in [3.8, 4) is 5.75 Å². The van der Waals surface area contributed by atoms with Crippen LogP contribution in [0.3, 0.4) is 0 Å². The number of methoxy groups -OCH3 is 1. The summed E-state index contributed by atoms with van der Waals surface area (Å²) in [5.41, 5.74) is 2.43. The van der Waals surface area contributed by atoms with Crippen molar-refractivity contribution in [3.63, 3.8) is 0 Å². The third-order valence-corrected chi connectivity index (χ3v) is 5.13. The first-order chi connectivity index (χ1) is 13.6. The topological polar surface area (TPSA) is 74.8 Å². The summed E-state index contributed by atoms with van der Waals surface area (Å²) in [7, 11) is 3.71. The number of Topliss-reactive ketones (excluding diaryl/α,β-unsaturated/α-hetero) is 1. The van der Waals surface area contributed by atoms with Gasteiger partial charge in [0.2, 0.25) is 11.6 Å². The highest BCUT2D eigenvalue weighted by Gasteiger charge is 2.27. The summed E-state index contributed by atoms with van der Waals surface area (Å²) in [6.07, 6.45) is 2.81. The third-order valence-electron chi connectivity index (χ3n) is 5.13. The van der Waals surface area contributed by atoms with Gasteiger partial charge in [0.15, 0.2) is 0 Å². The number of aromatic nitrogens is 1. The molecule has 0 unspecified atom stereocenters. The molecule has 0 radical (unpaired) electrons. The highest BCUT2D eigenvalue weighted by Crippen LogP contribution is 2.32. The molecule has 0 atom stereocenters. The van der Waals surface area contributed by atoms with Gasteiger partial charge in [-0.15, -0.1) is 0 Å². The van der Waals surface area contributed by atoms with E-state index in [9.17, 15) is 9.59 Å². The summed E-state index contributed by atoms with van der Waals surface area (Å²) in [5, 5.41) is 3.07. The predicted molar refractivity (Wildman–Crippen MR) is 107 cm³/mol. The summed E-state index contributed by atoms with van der Waals surface area (Å²) in [6.45, 7) is 3.93. The molecule has 1 fully saturated rings. The number of allylic oxidation sites excluding steroid dienone is 2. The maximum absolute atomic E-state index is 12.7. The zero-order valence-electron chi connectivity index (χ0n) is 15.9. The number of rotatable bonds is 4. The zero-order chi connectivity index (χ0) is 19.7. The van der Waals surface area contributed by atoms with Gasteiger partial charge >= 0.3 is 0 Å². The SMILES string of the molecule is COc1cc(N2CCN(C)CC2)ccc1NC1=CC(=O)c2ncccc2C1=O. The van der Waals surface area contributed by atoms with Crippen molar-refractivity contribution in [1.29, 1.82) is 0 Å². The summed E-state index contributed by atoms with van der Waals surface area (Å²) in [4.78, 5) is 33.7. The number of ether oxygens (including phenoxy) is 1. The molecule has 2 heterocycles. The van der Waals surface area contributed by atoms with E-state index in [1.54, 1.807) is 19.2 Å². The molecule has 2 aromatic rings. The highest BCUT2D eigenvalue weighted by molar-refractivity contribution is 6.24. The number of fused-ring (bicyclic) bond motifs is 1. The molecule has 7 nitrogen and oxygen atoms in total. The molecule has 2 aliphatic rings. The van der Waals surface area contributed by atoms with E-state index in [4.69, 9.17) is 4.74 Å². The van der Waals surface area contributed by atoms with E-state index in [-0.39, 0.29) is 23.0 Å². The lowest BCUT2D eigenvalue weighted by atomic mass is 9.97. The van der Waals surface area contributed by atoms with Crippen molar-refractivity contribution >= 4 is 22.9 Å². The van der Waals surface area contributed by atoms with Crippen LogP contribution >= 0.6 is 0 Å². The Morgan fingerprint density at radius 2 is 1.89 bits per heavy atom. The molecule has 0 amide bonds. The fourth-order valence-electron chi connectivity index (χ4n) is 3.48. The number of hydrogen-bond acceptors (Lipinski definition) is 7. The van der Waals surface area contributed by atoms with Crippen LogP contribution < -0.4 is 15.0 Å². The number of nitrogens with one attached hydrogen (secondary N) is 1. The molecule has 1 aromatic heterocycles. The molecule has 144 valence electrons. The Bertz CT molecular complexity index is 962. The van der Waals surface area contributed by atoms with Crippen LogP contribution in [0.2, 0.25) is 0 Å². The predicted octanol–water partition coefficient (Wildman–Crippen LogP) is 2.22. The number of piperazine rings is 1. The molecule has 0 saturated carbocycles. The maximum atomic E-state index is 12.7. The molecule has 0 bridgehead atoms. The lowest BCUT2D eigenvalue weighted by Gasteiger charge is -2.34. The summed E-state index contributed by atoms with van der Waals surface area (Å²) in [5.74, 6) is 0.0770. The summed E-state index contributed by atoms with van der Waals surface area (Å²) >= 11 is 0. The molecule has 28 heavy (non-hydrogen) atoms. The highest BCUT2D eigenvalue weighted by atomic mass is 16.5. The van der Waals surface area contributed by atoms with Crippen LogP contribution in [-0.2, 0) is 0 Å². The second-order valence-electron chi connectivity index (χ2n) is 6.95. The number of carbonyl (C=O) groups is 2. The van der Waals surface area contributed by atoms with E-state index in [0.717, 1.165) is 31.9 Å². The Hall–Kier alpha value is -3.19. The average Bonchev–Trinajstić information content (AvgIpc) is 2.72. The van der Waals surface area contributed by atoms with E-state index in [2.05, 4.69) is 27.1 Å². The van der Waals surface area contributed by atoms with Crippen LogP contribution in [-0.4, -0.2) is 61.8 Å². The Labute approximate surface area is 163 Å². The normalized spacial score (nSPS) is 17.2. The zero-order valence-corrected chi connectivity index (χ0v) is 15.9. The number of nitrogens with zero attached hydrogens (tertiary/aromatic N) is 3. The number of ketones is 2. The molecule has 1 N–H and O–H groups in total. The minimum atomic E-state index is -0.286. The molecule has 1 aliphatic carbocycles. The summed E-state index contributed by atoms with van der Waals surface area (Å²) < 4.78 is 5.54. The fraction of sp³-hybridized carbons (Fsp3) is 0.286. The smallest absolute Gasteiger partial charge is 0.211 e. The summed E-state index contributed by atoms with van der Waals surface area (Å²) in [6, 6.07) is 9.10. The largest absolute Gasteiger partial charge is 0.494 e. The van der Waals surface area contributed by atoms with Crippen molar-refractivity contribution in [2.45, 2.75) is 0 Å². The monoisotopic (exact) mass is 378 g/mol. The molecule has 1 aromatic carbocycles. The first kappa shape index (κ1) is 18.2. The number of benzene rings is 1. The van der Waals surface area contributed by atoms with Crippen LogP contribution in [0.15, 0.2) is 48.3 Å². The maximum Gasteiger partial charge on any atom is 0.211 e. The van der Waals surface area contributed by atoms with Crippen LogP contribution in [0.1, 0.15) is 20.8 Å². The quantitative estimate of drug-likeness (QED) is 0.874. The van der Waals surface area contributed by atoms with Crippen molar-refractivity contribution < 1.29 is 14.3 Å². The van der Waals surface area contributed by atoms with Gasteiger partial charge in [-0.05, 0) is 31.3 Å². The first-order valence-electron chi connectivity index (χ1n) is 9.21. The molecule has 4 rings (SSSR count). The fourth-order valence-corrected chi connectivity index (χ4v) is 3.48. The first-order valence-corrected chi connectivity index (χ1v) is 9.21. The Balaban J connectivity index is 1.58. The van der Waals surface area contributed by atoms with Crippen LogP contribution in [0.4, 0.5) is 11.4 Å². The van der Waals surface area contributed by atoms with Gasteiger partial charge in [0.05, 0.1) is 24.1 Å². The standard InChI is InChI=1S/C21H22N4O3/c1-24-8-10-25(11-9-24)14-5-6-16(19(12-14)28-2)23-17-13-18(26)20-15(21(17)27)4-3-7-22-20/h3-7,12-13,23H,8-11H2,1-2H3. The molecule has 1 aliphatic heterocycles. The van der Waals surface area contributed by atoms with Gasteiger partial charge in [0, 0.05) is 50.2 Å². The Morgan fingerprint density at radius 1 is 1.11 bits per heavy atom. The van der Waals surface area contributed by atoms with Gasteiger partial charge in [-0.25, -0.2) is 0 Å². The van der Waals surface area contributed by atoms with Gasteiger partial charge in [0.25, 0.3) is 0 Å². The Kier molecular flexibility index (Phi) is 4.83. The van der Waals surface area contributed by atoms with Crippen LogP contribution in [0.5, 0.6) is 5.75 Å².